The summed E-state index contributed by atoms with van der Waals surface area (Å²) in [6.45, 7) is 1.19. The molecule has 1 amide bonds. The average molecular weight is 488 g/mol. The quantitative estimate of drug-likeness (QED) is 0.446. The number of aromatic amines is 1. The number of H-pyrrole nitrogens is 1. The summed E-state index contributed by atoms with van der Waals surface area (Å²) in [5.41, 5.74) is 2.16. The lowest BCUT2D eigenvalue weighted by Crippen LogP contribution is -2.23. The Morgan fingerprint density at radius 1 is 1.35 bits per heavy atom. The molecule has 3 atom stereocenters. The molecule has 1 saturated carbocycles. The van der Waals surface area contributed by atoms with E-state index in [0.29, 0.717) is 46.6 Å². The summed E-state index contributed by atoms with van der Waals surface area (Å²) in [4.78, 5) is 22.7. The monoisotopic (exact) mass is 487 g/mol. The number of carbonyl (C=O) groups is 1. The van der Waals surface area contributed by atoms with Gasteiger partial charge in [0.25, 0.3) is 0 Å². The Morgan fingerprint density at radius 2 is 2.18 bits per heavy atom. The molecule has 6 rings (SSSR count). The predicted octanol–water partition coefficient (Wildman–Crippen LogP) is 3.59. The summed E-state index contributed by atoms with van der Waals surface area (Å²) in [6.07, 6.45) is 6.28. The number of rotatable bonds is 5. The highest BCUT2D eigenvalue weighted by Crippen LogP contribution is 2.43. The molecule has 9 nitrogen and oxygen atoms in total. The molecule has 1 aromatic carbocycles. The molecule has 1 aliphatic carbocycles. The van der Waals surface area contributed by atoms with Crippen LogP contribution in [0.5, 0.6) is 0 Å². The number of fused-ring (bicyclic) bond motifs is 2. The van der Waals surface area contributed by atoms with Crippen LogP contribution in [0.1, 0.15) is 12.8 Å². The number of carbonyl (C=O) groups excluding carboxylic acids is 1. The first-order chi connectivity index (χ1) is 16.4. The fourth-order valence-electron chi connectivity index (χ4n) is 4.51. The van der Waals surface area contributed by atoms with Crippen molar-refractivity contribution in [3.05, 3.63) is 35.6 Å². The standard InChI is InChI=1S/C22H20ClF2N7O2/c1-34-10-2-3-31(7-10)21-19(25)18(23)17(12-5-27-30-20(12)21)14-8-32-9-15(28-16(32)6-26-14)29-22(33)11-4-13(11)24/h5-6,8-11,13H,2-4,7H2,1H3,(H,27,30)(H,29,33)/t10?,11-,13+/m1/s1. The van der Waals surface area contributed by atoms with Gasteiger partial charge in [-0.05, 0) is 12.8 Å². The van der Waals surface area contributed by atoms with Gasteiger partial charge in [-0.15, -0.1) is 0 Å². The van der Waals surface area contributed by atoms with Crippen LogP contribution in [-0.2, 0) is 9.53 Å². The SMILES string of the molecule is COC1CCN(c2c(F)c(Cl)c(-c3cn4cc(NC(=O)[C@@H]5C[C@@H]5F)nc4cn3)c3cn[nH]c23)C1. The summed E-state index contributed by atoms with van der Waals surface area (Å²) < 4.78 is 35.8. The van der Waals surface area contributed by atoms with Crippen LogP contribution < -0.4 is 10.2 Å². The number of nitrogens with zero attached hydrogens (tertiary/aromatic N) is 5. The number of halogens is 3. The summed E-state index contributed by atoms with van der Waals surface area (Å²) in [5, 5.41) is 10.2. The van der Waals surface area contributed by atoms with Gasteiger partial charge in [0.2, 0.25) is 5.91 Å². The van der Waals surface area contributed by atoms with Gasteiger partial charge in [0.05, 0.1) is 46.8 Å². The van der Waals surface area contributed by atoms with Crippen LogP contribution in [-0.4, -0.2) is 62.9 Å². The first-order valence-electron chi connectivity index (χ1n) is 10.9. The smallest absolute Gasteiger partial charge is 0.231 e. The van der Waals surface area contributed by atoms with E-state index in [0.717, 1.165) is 6.42 Å². The highest BCUT2D eigenvalue weighted by molar-refractivity contribution is 6.36. The molecular formula is C22H20ClF2N7O2. The topological polar surface area (TPSA) is 100 Å². The average Bonchev–Trinajstić information content (AvgIpc) is 3.23. The van der Waals surface area contributed by atoms with Crippen molar-refractivity contribution in [2.45, 2.75) is 25.1 Å². The number of amides is 1. The van der Waals surface area contributed by atoms with Crippen molar-refractivity contribution < 1.29 is 18.3 Å². The Balaban J connectivity index is 1.40. The van der Waals surface area contributed by atoms with Gasteiger partial charge >= 0.3 is 0 Å². The van der Waals surface area contributed by atoms with Crippen molar-refractivity contribution in [1.82, 2.24) is 24.6 Å². The van der Waals surface area contributed by atoms with E-state index in [1.54, 1.807) is 30.1 Å². The highest BCUT2D eigenvalue weighted by Gasteiger charge is 2.43. The van der Waals surface area contributed by atoms with E-state index in [1.807, 2.05) is 4.90 Å². The minimum atomic E-state index is -1.09. The lowest BCUT2D eigenvalue weighted by atomic mass is 10.0. The Morgan fingerprint density at radius 3 is 2.91 bits per heavy atom. The fraction of sp³-hybridized carbons (Fsp3) is 0.364. The van der Waals surface area contributed by atoms with Crippen LogP contribution in [0.25, 0.3) is 27.8 Å². The zero-order valence-electron chi connectivity index (χ0n) is 18.1. The minimum absolute atomic E-state index is 0.0199. The Kier molecular flexibility index (Phi) is 4.92. The predicted molar refractivity (Wildman–Crippen MR) is 122 cm³/mol. The normalized spacial score (nSPS) is 22.1. The lowest BCUT2D eigenvalue weighted by Gasteiger charge is -2.21. The van der Waals surface area contributed by atoms with Crippen molar-refractivity contribution >= 4 is 45.6 Å². The molecule has 12 heteroatoms. The molecule has 34 heavy (non-hydrogen) atoms. The van der Waals surface area contributed by atoms with Crippen LogP contribution in [0, 0.1) is 11.7 Å². The van der Waals surface area contributed by atoms with Crippen LogP contribution in [0.15, 0.2) is 24.8 Å². The van der Waals surface area contributed by atoms with Crippen molar-refractivity contribution in [2.24, 2.45) is 5.92 Å². The van der Waals surface area contributed by atoms with E-state index in [4.69, 9.17) is 16.3 Å². The van der Waals surface area contributed by atoms with E-state index in [-0.39, 0.29) is 23.4 Å². The molecule has 3 aromatic heterocycles. The molecule has 1 saturated heterocycles. The molecule has 1 aliphatic heterocycles. The van der Waals surface area contributed by atoms with Gasteiger partial charge in [0.1, 0.15) is 11.9 Å². The Bertz CT molecular complexity index is 1440. The number of imidazole rings is 1. The van der Waals surface area contributed by atoms with E-state index in [9.17, 15) is 9.18 Å². The number of methoxy groups -OCH3 is 1. The van der Waals surface area contributed by atoms with E-state index < -0.39 is 23.8 Å². The maximum Gasteiger partial charge on any atom is 0.231 e. The molecule has 2 N–H and O–H groups in total. The third-order valence-electron chi connectivity index (χ3n) is 6.46. The minimum Gasteiger partial charge on any atom is -0.380 e. The largest absolute Gasteiger partial charge is 0.380 e. The van der Waals surface area contributed by atoms with Crippen LogP contribution in [0.4, 0.5) is 20.3 Å². The second-order valence-corrected chi connectivity index (χ2v) is 8.99. The number of benzene rings is 1. The van der Waals surface area contributed by atoms with Crippen LogP contribution in [0.3, 0.4) is 0 Å². The zero-order valence-corrected chi connectivity index (χ0v) is 18.8. The van der Waals surface area contributed by atoms with Gasteiger partial charge in [0, 0.05) is 37.3 Å². The first-order valence-corrected chi connectivity index (χ1v) is 11.2. The van der Waals surface area contributed by atoms with E-state index in [1.165, 1.54) is 6.20 Å². The summed E-state index contributed by atoms with van der Waals surface area (Å²) in [6, 6.07) is 0. The van der Waals surface area contributed by atoms with Crippen molar-refractivity contribution in [2.75, 3.05) is 30.4 Å². The number of aromatic nitrogens is 5. The second-order valence-electron chi connectivity index (χ2n) is 8.61. The van der Waals surface area contributed by atoms with Gasteiger partial charge in [-0.2, -0.15) is 5.10 Å². The number of hydrogen-bond donors (Lipinski definition) is 2. The van der Waals surface area contributed by atoms with Crippen molar-refractivity contribution in [1.29, 1.82) is 0 Å². The summed E-state index contributed by atoms with van der Waals surface area (Å²) in [5.74, 6) is -1.30. The van der Waals surface area contributed by atoms with Gasteiger partial charge in [-0.1, -0.05) is 11.6 Å². The number of anilines is 2. The zero-order chi connectivity index (χ0) is 23.6. The third kappa shape index (κ3) is 3.38. The van der Waals surface area contributed by atoms with Gasteiger partial charge in [0.15, 0.2) is 17.3 Å². The number of nitrogens with one attached hydrogen (secondary N) is 2. The molecule has 0 spiro atoms. The van der Waals surface area contributed by atoms with Crippen LogP contribution in [0.2, 0.25) is 5.02 Å². The van der Waals surface area contributed by atoms with Gasteiger partial charge < -0.3 is 19.4 Å². The lowest BCUT2D eigenvalue weighted by molar-refractivity contribution is -0.117. The second kappa shape index (κ2) is 7.88. The fourth-order valence-corrected chi connectivity index (χ4v) is 4.80. The molecule has 4 aromatic rings. The highest BCUT2D eigenvalue weighted by atomic mass is 35.5. The molecule has 0 radical (unpaired) electrons. The van der Waals surface area contributed by atoms with Crippen LogP contribution >= 0.6 is 11.6 Å². The summed E-state index contributed by atoms with van der Waals surface area (Å²) >= 11 is 6.57. The van der Waals surface area contributed by atoms with E-state index in [2.05, 4.69) is 25.5 Å². The van der Waals surface area contributed by atoms with Gasteiger partial charge in [-0.25, -0.2) is 13.8 Å². The molecule has 176 valence electrons. The summed E-state index contributed by atoms with van der Waals surface area (Å²) in [7, 11) is 1.64. The molecule has 2 aliphatic rings. The van der Waals surface area contributed by atoms with Crippen molar-refractivity contribution in [3.8, 4) is 11.3 Å². The van der Waals surface area contributed by atoms with Gasteiger partial charge in [-0.3, -0.25) is 14.9 Å². The molecule has 4 heterocycles. The van der Waals surface area contributed by atoms with E-state index >= 15 is 4.39 Å². The number of alkyl halides is 1. The maximum atomic E-state index is 15.6. The van der Waals surface area contributed by atoms with Crippen molar-refractivity contribution in [3.63, 3.8) is 0 Å². The molecule has 1 unspecified atom stereocenters. The molecule has 2 fully saturated rings. The number of ether oxygens (including phenoxy) is 1. The number of hydrogen-bond acceptors (Lipinski definition) is 6. The first kappa shape index (κ1) is 21.2. The Hall–Kier alpha value is -3.31. The maximum absolute atomic E-state index is 15.6. The Labute approximate surface area is 197 Å². The molecule has 0 bridgehead atoms. The third-order valence-corrected chi connectivity index (χ3v) is 6.81. The molecular weight excluding hydrogens is 468 g/mol.